The summed E-state index contributed by atoms with van der Waals surface area (Å²) in [6, 6.07) is 9.10. The normalized spacial score (nSPS) is 13.6. The predicted molar refractivity (Wildman–Crippen MR) is 99.4 cm³/mol. The molecule has 0 saturated heterocycles. The highest BCUT2D eigenvalue weighted by atomic mass is 32.2. The summed E-state index contributed by atoms with van der Waals surface area (Å²) < 4.78 is 28.5. The smallest absolute Gasteiger partial charge is 0.338 e. The van der Waals surface area contributed by atoms with Gasteiger partial charge in [0, 0.05) is 0 Å². The summed E-state index contributed by atoms with van der Waals surface area (Å²) in [5.41, 5.74) is 1.66. The molecule has 2 N–H and O–H groups in total. The summed E-state index contributed by atoms with van der Waals surface area (Å²) in [7, 11) is -4.00. The SMILES string of the molecule is Cc1cc(C(=O)OCCN2C(=O)c3ccccc3C2=O)cc(S(N)(=O)=O)c1C. The Labute approximate surface area is 161 Å². The van der Waals surface area contributed by atoms with E-state index in [1.54, 1.807) is 38.1 Å². The zero-order valence-corrected chi connectivity index (χ0v) is 16.1. The Morgan fingerprint density at radius 2 is 1.64 bits per heavy atom. The highest BCUT2D eigenvalue weighted by molar-refractivity contribution is 7.89. The summed E-state index contributed by atoms with van der Waals surface area (Å²) in [4.78, 5) is 37.7. The Morgan fingerprint density at radius 3 is 2.18 bits per heavy atom. The Hall–Kier alpha value is -3.04. The lowest BCUT2D eigenvalue weighted by molar-refractivity contribution is 0.0420. The maximum atomic E-state index is 12.3. The number of benzene rings is 2. The van der Waals surface area contributed by atoms with Crippen LogP contribution < -0.4 is 5.14 Å². The molecule has 1 heterocycles. The van der Waals surface area contributed by atoms with Crippen LogP contribution in [0.1, 0.15) is 42.2 Å². The molecular weight excluding hydrogens is 384 g/mol. The number of fused-ring (bicyclic) bond motifs is 1. The summed E-state index contributed by atoms with van der Waals surface area (Å²) in [6.07, 6.45) is 0. The number of esters is 1. The molecule has 0 bridgehead atoms. The van der Waals surface area contributed by atoms with E-state index in [1.165, 1.54) is 6.07 Å². The number of aryl methyl sites for hydroxylation is 1. The van der Waals surface area contributed by atoms with E-state index in [-0.39, 0.29) is 23.6 Å². The number of rotatable bonds is 5. The fourth-order valence-electron chi connectivity index (χ4n) is 3.00. The molecule has 0 aromatic heterocycles. The molecular formula is C19H18N2O6S. The van der Waals surface area contributed by atoms with Gasteiger partial charge in [-0.25, -0.2) is 18.4 Å². The third-order valence-electron chi connectivity index (χ3n) is 4.59. The van der Waals surface area contributed by atoms with E-state index in [1.807, 2.05) is 0 Å². The van der Waals surface area contributed by atoms with Gasteiger partial charge in [0.15, 0.2) is 0 Å². The number of carbonyl (C=O) groups is 3. The van der Waals surface area contributed by atoms with Gasteiger partial charge >= 0.3 is 5.97 Å². The van der Waals surface area contributed by atoms with E-state index in [2.05, 4.69) is 0 Å². The van der Waals surface area contributed by atoms with Crippen molar-refractivity contribution >= 4 is 27.8 Å². The zero-order valence-electron chi connectivity index (χ0n) is 15.3. The lowest BCUT2D eigenvalue weighted by Crippen LogP contribution is -2.33. The molecule has 0 atom stereocenters. The van der Waals surface area contributed by atoms with Crippen LogP contribution in [0.25, 0.3) is 0 Å². The quantitative estimate of drug-likeness (QED) is 0.596. The van der Waals surface area contributed by atoms with Crippen LogP contribution in [-0.4, -0.2) is 44.3 Å². The van der Waals surface area contributed by atoms with Gasteiger partial charge in [-0.05, 0) is 49.2 Å². The average molecular weight is 402 g/mol. The standard InChI is InChI=1S/C19H18N2O6S/c1-11-9-13(10-16(12(11)2)28(20,25)26)19(24)27-8-7-21-17(22)14-5-3-4-6-15(14)18(21)23/h3-6,9-10H,7-8H2,1-2H3,(H2,20,25,26). The van der Waals surface area contributed by atoms with E-state index in [0.29, 0.717) is 22.3 Å². The molecule has 0 spiro atoms. The molecule has 146 valence electrons. The van der Waals surface area contributed by atoms with Crippen LogP contribution in [-0.2, 0) is 14.8 Å². The number of ether oxygens (including phenoxy) is 1. The second-order valence-corrected chi connectivity index (χ2v) is 7.93. The number of amides is 2. The minimum atomic E-state index is -4.00. The summed E-state index contributed by atoms with van der Waals surface area (Å²) in [5, 5.41) is 5.19. The van der Waals surface area contributed by atoms with Crippen LogP contribution in [0.4, 0.5) is 0 Å². The van der Waals surface area contributed by atoms with E-state index in [4.69, 9.17) is 9.88 Å². The molecule has 2 aromatic carbocycles. The lowest BCUT2D eigenvalue weighted by atomic mass is 10.1. The van der Waals surface area contributed by atoms with E-state index in [0.717, 1.165) is 11.0 Å². The monoisotopic (exact) mass is 402 g/mol. The van der Waals surface area contributed by atoms with Crippen LogP contribution in [0.5, 0.6) is 0 Å². The van der Waals surface area contributed by atoms with Crippen molar-refractivity contribution in [2.45, 2.75) is 18.7 Å². The van der Waals surface area contributed by atoms with Crippen LogP contribution in [0, 0.1) is 13.8 Å². The minimum absolute atomic E-state index is 0.0227. The molecule has 28 heavy (non-hydrogen) atoms. The van der Waals surface area contributed by atoms with Crippen molar-refractivity contribution in [3.63, 3.8) is 0 Å². The van der Waals surface area contributed by atoms with Crippen LogP contribution in [0.3, 0.4) is 0 Å². The molecule has 8 nitrogen and oxygen atoms in total. The molecule has 0 saturated carbocycles. The van der Waals surface area contributed by atoms with Crippen molar-refractivity contribution in [2.75, 3.05) is 13.2 Å². The van der Waals surface area contributed by atoms with Gasteiger partial charge in [0.25, 0.3) is 11.8 Å². The number of nitrogens with two attached hydrogens (primary N) is 1. The van der Waals surface area contributed by atoms with Gasteiger partial charge < -0.3 is 4.74 Å². The lowest BCUT2D eigenvalue weighted by Gasteiger charge is -2.14. The first-order chi connectivity index (χ1) is 13.1. The van der Waals surface area contributed by atoms with Gasteiger partial charge in [-0.15, -0.1) is 0 Å². The van der Waals surface area contributed by atoms with Crippen molar-refractivity contribution < 1.29 is 27.5 Å². The second-order valence-electron chi connectivity index (χ2n) is 6.40. The van der Waals surface area contributed by atoms with Crippen LogP contribution in [0.2, 0.25) is 0 Å². The molecule has 0 fully saturated rings. The second kappa shape index (κ2) is 7.17. The third-order valence-corrected chi connectivity index (χ3v) is 5.63. The summed E-state index contributed by atoms with van der Waals surface area (Å²) in [5.74, 6) is -1.66. The molecule has 9 heteroatoms. The Kier molecular flexibility index (Phi) is 5.05. The topological polar surface area (TPSA) is 124 Å². The number of nitrogens with zero attached hydrogens (tertiary/aromatic N) is 1. The van der Waals surface area contributed by atoms with Crippen LogP contribution in [0.15, 0.2) is 41.3 Å². The zero-order chi connectivity index (χ0) is 20.6. The molecule has 0 aliphatic carbocycles. The van der Waals surface area contributed by atoms with Gasteiger partial charge in [-0.2, -0.15) is 0 Å². The summed E-state index contributed by atoms with van der Waals surface area (Å²) >= 11 is 0. The third kappa shape index (κ3) is 3.54. The van der Waals surface area contributed by atoms with Crippen molar-refractivity contribution in [2.24, 2.45) is 5.14 Å². The number of sulfonamides is 1. The van der Waals surface area contributed by atoms with Crippen LogP contribution >= 0.6 is 0 Å². The van der Waals surface area contributed by atoms with Gasteiger partial charge in [0.05, 0.1) is 28.1 Å². The van der Waals surface area contributed by atoms with Crippen molar-refractivity contribution in [3.05, 3.63) is 64.2 Å². The number of hydrogen-bond donors (Lipinski definition) is 1. The predicted octanol–water partition coefficient (Wildman–Crippen LogP) is 1.40. The van der Waals surface area contributed by atoms with Gasteiger partial charge in [0.1, 0.15) is 6.61 Å². The number of primary sulfonamides is 1. The molecule has 1 aliphatic rings. The first-order valence-electron chi connectivity index (χ1n) is 8.37. The first kappa shape index (κ1) is 19.7. The highest BCUT2D eigenvalue weighted by Crippen LogP contribution is 2.23. The van der Waals surface area contributed by atoms with Crippen molar-refractivity contribution in [1.29, 1.82) is 0 Å². The Bertz CT molecular complexity index is 1070. The largest absolute Gasteiger partial charge is 0.460 e. The number of carbonyl (C=O) groups excluding carboxylic acids is 3. The van der Waals surface area contributed by atoms with E-state index < -0.39 is 27.8 Å². The maximum absolute atomic E-state index is 12.3. The molecule has 3 rings (SSSR count). The molecule has 2 aromatic rings. The molecule has 0 unspecified atom stereocenters. The van der Waals surface area contributed by atoms with E-state index >= 15 is 0 Å². The molecule has 1 aliphatic heterocycles. The molecule has 2 amide bonds. The highest BCUT2D eigenvalue weighted by Gasteiger charge is 2.34. The Morgan fingerprint density at radius 1 is 1.07 bits per heavy atom. The van der Waals surface area contributed by atoms with Gasteiger partial charge in [-0.1, -0.05) is 12.1 Å². The molecule has 0 radical (unpaired) electrons. The first-order valence-corrected chi connectivity index (χ1v) is 9.92. The van der Waals surface area contributed by atoms with Crippen molar-refractivity contribution in [3.8, 4) is 0 Å². The fourth-order valence-corrected chi connectivity index (χ4v) is 3.87. The minimum Gasteiger partial charge on any atom is -0.460 e. The number of hydrogen-bond acceptors (Lipinski definition) is 6. The average Bonchev–Trinajstić information content (AvgIpc) is 2.88. The van der Waals surface area contributed by atoms with Crippen molar-refractivity contribution in [1.82, 2.24) is 4.90 Å². The summed E-state index contributed by atoms with van der Waals surface area (Å²) in [6.45, 7) is 2.92. The van der Waals surface area contributed by atoms with E-state index in [9.17, 15) is 22.8 Å². The Balaban J connectivity index is 1.70. The maximum Gasteiger partial charge on any atom is 0.338 e. The fraction of sp³-hybridized carbons (Fsp3) is 0.211. The number of imide groups is 1. The van der Waals surface area contributed by atoms with Gasteiger partial charge in [0.2, 0.25) is 10.0 Å². The van der Waals surface area contributed by atoms with Gasteiger partial charge in [-0.3, -0.25) is 14.5 Å².